The number of halogens is 3. The summed E-state index contributed by atoms with van der Waals surface area (Å²) in [5.41, 5.74) is -5.71. The molecule has 0 amide bonds. The molecule has 0 aliphatic rings. The zero-order valence-corrected chi connectivity index (χ0v) is 15.1. The maximum Gasteiger partial charge on any atom is 0.512 e. The van der Waals surface area contributed by atoms with E-state index in [9.17, 15) is 30.0 Å². The Bertz CT molecular complexity index is 561. The highest BCUT2D eigenvalue weighted by atomic mass is 32.3. The highest BCUT2D eigenvalue weighted by Gasteiger charge is 2.49. The van der Waals surface area contributed by atoms with Gasteiger partial charge in [-0.1, -0.05) is 18.0 Å². The van der Waals surface area contributed by atoms with E-state index in [0.717, 1.165) is 8.43 Å². The number of nitrogens with one attached hydrogen (secondary N) is 1. The van der Waals surface area contributed by atoms with Gasteiger partial charge < -0.3 is 4.74 Å². The van der Waals surface area contributed by atoms with Gasteiger partial charge >= 0.3 is 15.5 Å². The average molecular weight is 384 g/mol. The summed E-state index contributed by atoms with van der Waals surface area (Å²) in [5.74, 6) is -0.220. The van der Waals surface area contributed by atoms with E-state index in [0.29, 0.717) is 19.4 Å². The Balaban J connectivity index is 5.35. The van der Waals surface area contributed by atoms with E-state index in [1.165, 1.54) is 14.0 Å². The van der Waals surface area contributed by atoms with Gasteiger partial charge in [-0.15, -0.1) is 0 Å². The van der Waals surface area contributed by atoms with Gasteiger partial charge in [0.25, 0.3) is 10.2 Å². The predicted molar refractivity (Wildman–Crippen MR) is 79.1 cm³/mol. The molecule has 0 bridgehead atoms. The average Bonchev–Trinajstić information content (AvgIpc) is 2.34. The first kappa shape index (κ1) is 22.6. The molecule has 0 saturated carbocycles. The lowest BCUT2D eigenvalue weighted by atomic mass is 10.1. The first-order valence-electron chi connectivity index (χ1n) is 6.87. The van der Waals surface area contributed by atoms with Gasteiger partial charge in [-0.05, 0) is 25.7 Å². The van der Waals surface area contributed by atoms with Gasteiger partial charge in [0.15, 0.2) is 0 Å². The third-order valence-electron chi connectivity index (χ3n) is 3.22. The molecule has 0 spiro atoms. The van der Waals surface area contributed by atoms with Crippen molar-refractivity contribution in [2.24, 2.45) is 5.92 Å². The molecule has 0 aliphatic heterocycles. The molecule has 12 heteroatoms. The topological polar surface area (TPSA) is 92.8 Å². The number of unbranched alkanes of at least 4 members (excludes halogenated alkanes) is 1. The quantitative estimate of drug-likeness (QED) is 0.576. The number of hydrogen-bond acceptors (Lipinski definition) is 5. The summed E-state index contributed by atoms with van der Waals surface area (Å²) in [6.45, 7) is 5.10. The van der Waals surface area contributed by atoms with E-state index in [1.807, 2.05) is 0 Å². The van der Waals surface area contributed by atoms with Gasteiger partial charge in [-0.3, -0.25) is 0 Å². The summed E-state index contributed by atoms with van der Waals surface area (Å²) >= 11 is 0. The third-order valence-corrected chi connectivity index (χ3v) is 6.69. The van der Waals surface area contributed by atoms with Gasteiger partial charge in [0.05, 0.1) is 0 Å². The molecular formula is C11H23F3N2O5S2. The van der Waals surface area contributed by atoms with Crippen LogP contribution in [0.25, 0.3) is 0 Å². The summed E-state index contributed by atoms with van der Waals surface area (Å²) in [5, 5.41) is 0. The number of hydrogen-bond donors (Lipinski definition) is 1. The molecule has 0 rings (SSSR count). The Hall–Kier alpha value is -0.430. The monoisotopic (exact) mass is 384 g/mol. The molecule has 140 valence electrons. The molecule has 0 fully saturated rings. The van der Waals surface area contributed by atoms with Crippen molar-refractivity contribution in [1.82, 2.24) is 8.43 Å². The summed E-state index contributed by atoms with van der Waals surface area (Å²) in [4.78, 5) is 0. The summed E-state index contributed by atoms with van der Waals surface area (Å²) < 4.78 is 89.9. The van der Waals surface area contributed by atoms with Crippen molar-refractivity contribution in [2.45, 2.75) is 45.2 Å². The minimum absolute atomic E-state index is 0.120. The minimum atomic E-state index is -6.00. The Kier molecular flexibility index (Phi) is 8.44. The van der Waals surface area contributed by atoms with Crippen LogP contribution in [0.15, 0.2) is 0 Å². The first-order chi connectivity index (χ1) is 10.3. The van der Waals surface area contributed by atoms with Crippen molar-refractivity contribution in [3.8, 4) is 0 Å². The second-order valence-electron chi connectivity index (χ2n) is 5.33. The zero-order valence-electron chi connectivity index (χ0n) is 13.4. The van der Waals surface area contributed by atoms with E-state index in [1.54, 1.807) is 13.8 Å². The van der Waals surface area contributed by atoms with Gasteiger partial charge in [0, 0.05) is 26.3 Å². The van der Waals surface area contributed by atoms with E-state index in [-0.39, 0.29) is 12.5 Å². The fourth-order valence-corrected chi connectivity index (χ4v) is 4.54. The van der Waals surface area contributed by atoms with Gasteiger partial charge in [-0.2, -0.15) is 25.9 Å². The standard InChI is InChI=1S/C11H23F3N2O5S2/c1-9(2)10(3)16(7-5-6-8-21-4)23(19,20)15-22(17,18)11(12,13)14/h9-10,15H,5-8H2,1-4H3/t10-/m0/s1. The van der Waals surface area contributed by atoms with Crippen LogP contribution in [-0.2, 0) is 25.0 Å². The number of rotatable bonds is 10. The SMILES string of the molecule is COCCCCN([C@@H](C)C(C)C)S(=O)(=O)NS(=O)(=O)C(F)(F)F. The molecule has 1 N–H and O–H groups in total. The Labute approximate surface area is 135 Å². The van der Waals surface area contributed by atoms with Gasteiger partial charge in [0.1, 0.15) is 0 Å². The molecule has 0 saturated heterocycles. The van der Waals surface area contributed by atoms with Crippen molar-refractivity contribution >= 4 is 20.2 Å². The van der Waals surface area contributed by atoms with E-state index in [4.69, 9.17) is 4.74 Å². The number of alkyl halides is 3. The largest absolute Gasteiger partial charge is 0.512 e. The summed E-state index contributed by atoms with van der Waals surface area (Å²) in [6, 6.07) is -0.682. The van der Waals surface area contributed by atoms with Crippen LogP contribution in [0.5, 0.6) is 0 Å². The van der Waals surface area contributed by atoms with Crippen molar-refractivity contribution < 1.29 is 34.7 Å². The molecule has 0 heterocycles. The maximum absolute atomic E-state index is 12.4. The second kappa shape index (κ2) is 8.60. The smallest absolute Gasteiger partial charge is 0.385 e. The van der Waals surface area contributed by atoms with Crippen LogP contribution in [0.3, 0.4) is 0 Å². The van der Waals surface area contributed by atoms with Crippen LogP contribution >= 0.6 is 0 Å². The second-order valence-corrected chi connectivity index (χ2v) is 8.89. The molecular weight excluding hydrogens is 361 g/mol. The normalized spacial score (nSPS) is 15.3. The van der Waals surface area contributed by atoms with Crippen molar-refractivity contribution in [3.05, 3.63) is 0 Å². The Morgan fingerprint density at radius 2 is 1.61 bits per heavy atom. The lowest BCUT2D eigenvalue weighted by molar-refractivity contribution is -0.0442. The van der Waals surface area contributed by atoms with Crippen LogP contribution in [0, 0.1) is 5.92 Å². The lowest BCUT2D eigenvalue weighted by Gasteiger charge is -2.30. The van der Waals surface area contributed by atoms with Crippen molar-refractivity contribution in [1.29, 1.82) is 0 Å². The number of nitrogens with zero attached hydrogens (tertiary/aromatic N) is 1. The molecule has 0 radical (unpaired) electrons. The molecule has 0 unspecified atom stereocenters. The summed E-state index contributed by atoms with van der Waals surface area (Å²) in [7, 11) is -9.40. The van der Waals surface area contributed by atoms with E-state index >= 15 is 0 Å². The zero-order chi connectivity index (χ0) is 18.5. The number of sulfonamides is 1. The molecule has 0 aromatic heterocycles. The van der Waals surface area contributed by atoms with Crippen molar-refractivity contribution in [2.75, 3.05) is 20.3 Å². The van der Waals surface area contributed by atoms with Crippen LogP contribution in [0.4, 0.5) is 13.2 Å². The van der Waals surface area contributed by atoms with E-state index < -0.39 is 31.8 Å². The molecule has 0 aromatic rings. The predicted octanol–water partition coefficient (Wildman–Crippen LogP) is 1.44. The lowest BCUT2D eigenvalue weighted by Crippen LogP contribution is -2.51. The van der Waals surface area contributed by atoms with E-state index in [2.05, 4.69) is 0 Å². The molecule has 23 heavy (non-hydrogen) atoms. The fraction of sp³-hybridized carbons (Fsp3) is 1.00. The number of ether oxygens (including phenoxy) is 1. The van der Waals surface area contributed by atoms with Gasteiger partial charge in [-0.25, -0.2) is 8.42 Å². The first-order valence-corrected chi connectivity index (χ1v) is 9.79. The fourth-order valence-electron chi connectivity index (χ4n) is 1.62. The Morgan fingerprint density at radius 1 is 1.09 bits per heavy atom. The molecule has 0 aromatic carbocycles. The van der Waals surface area contributed by atoms with Crippen LogP contribution in [-0.4, -0.2) is 53.0 Å². The highest BCUT2D eigenvalue weighted by Crippen LogP contribution is 2.24. The molecule has 1 atom stereocenters. The van der Waals surface area contributed by atoms with Gasteiger partial charge in [0.2, 0.25) is 0 Å². The van der Waals surface area contributed by atoms with Crippen molar-refractivity contribution in [3.63, 3.8) is 0 Å². The van der Waals surface area contributed by atoms with Crippen LogP contribution in [0.1, 0.15) is 33.6 Å². The number of methoxy groups -OCH3 is 1. The molecule has 0 aliphatic carbocycles. The molecule has 7 nitrogen and oxygen atoms in total. The Morgan fingerprint density at radius 3 is 2.00 bits per heavy atom. The highest BCUT2D eigenvalue weighted by molar-refractivity contribution is 8.04. The summed E-state index contributed by atoms with van der Waals surface area (Å²) in [6.07, 6.45) is 0.803. The van der Waals surface area contributed by atoms with Crippen LogP contribution < -0.4 is 4.13 Å². The minimum Gasteiger partial charge on any atom is -0.385 e. The van der Waals surface area contributed by atoms with Crippen LogP contribution in [0.2, 0.25) is 0 Å². The maximum atomic E-state index is 12.4. The third kappa shape index (κ3) is 6.91.